The molecule has 0 unspecified atom stereocenters. The number of amides is 1. The van der Waals surface area contributed by atoms with Crippen LogP contribution in [0.15, 0.2) is 0 Å². The van der Waals surface area contributed by atoms with Crippen molar-refractivity contribution in [3.05, 3.63) is 4.88 Å². The van der Waals surface area contributed by atoms with Crippen LogP contribution < -0.4 is 16.4 Å². The molecule has 0 spiro atoms. The molecule has 1 aromatic rings. The molecule has 8 heteroatoms. The van der Waals surface area contributed by atoms with Crippen molar-refractivity contribution >= 4 is 40.0 Å². The summed E-state index contributed by atoms with van der Waals surface area (Å²) >= 11 is 3.34. The van der Waals surface area contributed by atoms with Crippen LogP contribution in [-0.2, 0) is 0 Å². The molecule has 2 fully saturated rings. The van der Waals surface area contributed by atoms with E-state index in [1.165, 1.54) is 35.7 Å². The van der Waals surface area contributed by atoms with Crippen molar-refractivity contribution in [2.75, 3.05) is 48.7 Å². The largest absolute Gasteiger partial charge is 0.382 e. The van der Waals surface area contributed by atoms with Crippen molar-refractivity contribution in [2.24, 2.45) is 0 Å². The summed E-state index contributed by atoms with van der Waals surface area (Å²) in [6.07, 6.45) is 2.35. The van der Waals surface area contributed by atoms with Gasteiger partial charge in [-0.25, -0.2) is 4.98 Å². The molecule has 3 rings (SSSR count). The predicted molar refractivity (Wildman–Crippen MR) is 89.3 cm³/mol. The molecule has 1 saturated carbocycles. The summed E-state index contributed by atoms with van der Waals surface area (Å²) in [5.41, 5.74) is 5.84. The first-order chi connectivity index (χ1) is 10.2. The molecule has 6 nitrogen and oxygen atoms in total. The summed E-state index contributed by atoms with van der Waals surface area (Å²) in [6, 6.07) is 0.517. The Morgan fingerprint density at radius 1 is 1.38 bits per heavy atom. The minimum atomic E-state index is -0.111. The van der Waals surface area contributed by atoms with Gasteiger partial charge in [0.25, 0.3) is 5.91 Å². The molecule has 0 aromatic carbocycles. The SMILES string of the molecule is Nc1nc(NC2CC2)sc1C(=O)NCCN1CCSCC1. The van der Waals surface area contributed by atoms with E-state index in [-0.39, 0.29) is 5.91 Å². The van der Waals surface area contributed by atoms with Crippen molar-refractivity contribution in [2.45, 2.75) is 18.9 Å². The fourth-order valence-electron chi connectivity index (χ4n) is 2.19. The third kappa shape index (κ3) is 4.24. The number of carbonyl (C=O) groups excluding carboxylic acids is 1. The first-order valence-electron chi connectivity index (χ1n) is 7.33. The average Bonchev–Trinajstić information content (AvgIpc) is 3.21. The van der Waals surface area contributed by atoms with Crippen LogP contribution in [0.4, 0.5) is 10.9 Å². The molecule has 1 amide bonds. The van der Waals surface area contributed by atoms with E-state index < -0.39 is 0 Å². The Bertz CT molecular complexity index is 497. The number of rotatable bonds is 6. The quantitative estimate of drug-likeness (QED) is 0.725. The number of nitrogens with zero attached hydrogens (tertiary/aromatic N) is 2. The zero-order valence-corrected chi connectivity index (χ0v) is 13.6. The van der Waals surface area contributed by atoms with Crippen LogP contribution in [0.25, 0.3) is 0 Å². The van der Waals surface area contributed by atoms with Crippen LogP contribution >= 0.6 is 23.1 Å². The minimum absolute atomic E-state index is 0.111. The zero-order chi connectivity index (χ0) is 14.7. The number of nitrogens with one attached hydrogen (secondary N) is 2. The van der Waals surface area contributed by atoms with Crippen LogP contribution in [0, 0.1) is 0 Å². The molecule has 1 aliphatic carbocycles. The van der Waals surface area contributed by atoms with Gasteiger partial charge in [0.15, 0.2) is 5.13 Å². The molecule has 1 aliphatic heterocycles. The average molecular weight is 327 g/mol. The monoisotopic (exact) mass is 327 g/mol. The van der Waals surface area contributed by atoms with Gasteiger partial charge in [0.2, 0.25) is 0 Å². The third-order valence-corrected chi connectivity index (χ3v) is 5.53. The van der Waals surface area contributed by atoms with Gasteiger partial charge in [-0.3, -0.25) is 9.69 Å². The van der Waals surface area contributed by atoms with Gasteiger partial charge in [0.05, 0.1) is 0 Å². The topological polar surface area (TPSA) is 83.3 Å². The molecule has 0 bridgehead atoms. The first-order valence-corrected chi connectivity index (χ1v) is 9.30. The minimum Gasteiger partial charge on any atom is -0.382 e. The Kier molecular flexibility index (Phi) is 4.87. The van der Waals surface area contributed by atoms with E-state index in [0.717, 1.165) is 24.8 Å². The summed E-state index contributed by atoms with van der Waals surface area (Å²) in [4.78, 5) is 19.3. The van der Waals surface area contributed by atoms with Gasteiger partial charge in [0, 0.05) is 43.7 Å². The van der Waals surface area contributed by atoms with Gasteiger partial charge < -0.3 is 16.4 Å². The lowest BCUT2D eigenvalue weighted by atomic mass is 10.4. The van der Waals surface area contributed by atoms with Gasteiger partial charge in [-0.05, 0) is 12.8 Å². The van der Waals surface area contributed by atoms with Crippen LogP contribution in [0.2, 0.25) is 0 Å². The number of hydrogen-bond acceptors (Lipinski definition) is 7. The number of anilines is 2. The molecule has 116 valence electrons. The number of nitrogens with two attached hydrogens (primary N) is 1. The van der Waals surface area contributed by atoms with E-state index in [4.69, 9.17) is 5.73 Å². The second-order valence-corrected chi connectivity index (χ2v) is 7.59. The van der Waals surface area contributed by atoms with E-state index >= 15 is 0 Å². The number of thiazole rings is 1. The Labute approximate surface area is 132 Å². The van der Waals surface area contributed by atoms with Crippen LogP contribution in [-0.4, -0.2) is 59.5 Å². The Balaban J connectivity index is 1.46. The van der Waals surface area contributed by atoms with Crippen molar-refractivity contribution in [3.63, 3.8) is 0 Å². The smallest absolute Gasteiger partial charge is 0.265 e. The second-order valence-electron chi connectivity index (χ2n) is 5.36. The molecule has 2 heterocycles. The molecule has 4 N–H and O–H groups in total. The molecule has 0 radical (unpaired) electrons. The molecule has 1 saturated heterocycles. The lowest BCUT2D eigenvalue weighted by Gasteiger charge is -2.25. The van der Waals surface area contributed by atoms with E-state index in [2.05, 4.69) is 20.5 Å². The summed E-state index contributed by atoms with van der Waals surface area (Å²) in [5, 5.41) is 6.98. The van der Waals surface area contributed by atoms with Crippen molar-refractivity contribution in [3.8, 4) is 0 Å². The number of hydrogen-bond donors (Lipinski definition) is 3. The third-order valence-electron chi connectivity index (χ3n) is 3.58. The maximum atomic E-state index is 12.2. The van der Waals surface area contributed by atoms with Crippen molar-refractivity contribution < 1.29 is 4.79 Å². The predicted octanol–water partition coefficient (Wildman–Crippen LogP) is 1.08. The normalized spacial score (nSPS) is 19.4. The summed E-state index contributed by atoms with van der Waals surface area (Å²) in [5.74, 6) is 2.59. The van der Waals surface area contributed by atoms with Gasteiger partial charge in [-0.2, -0.15) is 11.8 Å². The van der Waals surface area contributed by atoms with E-state index in [0.29, 0.717) is 23.3 Å². The molecular weight excluding hydrogens is 306 g/mol. The fourth-order valence-corrected chi connectivity index (χ4v) is 4.05. The second kappa shape index (κ2) is 6.85. The Morgan fingerprint density at radius 3 is 2.86 bits per heavy atom. The Morgan fingerprint density at radius 2 is 2.14 bits per heavy atom. The highest BCUT2D eigenvalue weighted by Crippen LogP contribution is 2.30. The van der Waals surface area contributed by atoms with Gasteiger partial charge in [-0.15, -0.1) is 0 Å². The number of thioether (sulfide) groups is 1. The zero-order valence-electron chi connectivity index (χ0n) is 11.9. The number of nitrogen functional groups attached to an aromatic ring is 1. The van der Waals surface area contributed by atoms with Gasteiger partial charge in [0.1, 0.15) is 10.7 Å². The number of aromatic nitrogens is 1. The number of carbonyl (C=O) groups is 1. The van der Waals surface area contributed by atoms with E-state index in [1.807, 2.05) is 11.8 Å². The van der Waals surface area contributed by atoms with Crippen molar-refractivity contribution in [1.29, 1.82) is 0 Å². The lowest BCUT2D eigenvalue weighted by molar-refractivity contribution is 0.0953. The molecule has 0 atom stereocenters. The first kappa shape index (κ1) is 14.9. The summed E-state index contributed by atoms with van der Waals surface area (Å²) < 4.78 is 0. The highest BCUT2D eigenvalue weighted by atomic mass is 32.2. The van der Waals surface area contributed by atoms with Gasteiger partial charge in [-0.1, -0.05) is 11.3 Å². The van der Waals surface area contributed by atoms with E-state index in [9.17, 15) is 4.79 Å². The molecule has 21 heavy (non-hydrogen) atoms. The molecular formula is C13H21N5OS2. The highest BCUT2D eigenvalue weighted by Gasteiger charge is 2.24. The highest BCUT2D eigenvalue weighted by molar-refractivity contribution is 7.99. The Hall–Kier alpha value is -0.990. The summed E-state index contributed by atoms with van der Waals surface area (Å²) in [6.45, 7) is 3.78. The summed E-state index contributed by atoms with van der Waals surface area (Å²) in [7, 11) is 0. The van der Waals surface area contributed by atoms with Crippen LogP contribution in [0.1, 0.15) is 22.5 Å². The van der Waals surface area contributed by atoms with Crippen molar-refractivity contribution in [1.82, 2.24) is 15.2 Å². The lowest BCUT2D eigenvalue weighted by Crippen LogP contribution is -2.39. The van der Waals surface area contributed by atoms with Crippen LogP contribution in [0.5, 0.6) is 0 Å². The molecule has 2 aliphatic rings. The van der Waals surface area contributed by atoms with E-state index in [1.54, 1.807) is 0 Å². The maximum Gasteiger partial charge on any atom is 0.265 e. The van der Waals surface area contributed by atoms with Gasteiger partial charge >= 0.3 is 0 Å². The van der Waals surface area contributed by atoms with Crippen LogP contribution in [0.3, 0.4) is 0 Å². The standard InChI is InChI=1S/C13H21N5OS2/c14-11-10(21-13(17-11)16-9-1-2-9)12(19)15-3-4-18-5-7-20-8-6-18/h9H,1-8,14H2,(H,15,19)(H,16,17). The fraction of sp³-hybridized carbons (Fsp3) is 0.692. The maximum absolute atomic E-state index is 12.2. The molecule has 1 aromatic heterocycles.